The van der Waals surface area contributed by atoms with Crippen molar-refractivity contribution in [1.29, 1.82) is 0 Å². The zero-order valence-corrected chi connectivity index (χ0v) is 18.2. The monoisotopic (exact) mass is 440 g/mol. The fraction of sp³-hybridized carbons (Fsp3) is 0.739. The van der Waals surface area contributed by atoms with E-state index in [0.29, 0.717) is 18.4 Å². The molecular weight excluding hydrogens is 407 g/mol. The van der Waals surface area contributed by atoms with E-state index in [1.165, 1.54) is 18.2 Å². The number of halogens is 1. The van der Waals surface area contributed by atoms with Crippen molar-refractivity contribution >= 4 is 11.6 Å². The first-order valence-electron chi connectivity index (χ1n) is 10.8. The van der Waals surface area contributed by atoms with Crippen LogP contribution in [0.25, 0.3) is 0 Å². The third-order valence-electron chi connectivity index (χ3n) is 8.43. The summed E-state index contributed by atoms with van der Waals surface area (Å²) < 4.78 is 16.8. The van der Waals surface area contributed by atoms with Crippen molar-refractivity contribution in [2.45, 2.75) is 69.9 Å². The van der Waals surface area contributed by atoms with E-state index in [1.54, 1.807) is 20.8 Å². The summed E-state index contributed by atoms with van der Waals surface area (Å²) in [6.07, 6.45) is 1.93. The lowest BCUT2D eigenvalue weighted by Crippen LogP contribution is -2.69. The van der Waals surface area contributed by atoms with E-state index in [0.717, 1.165) is 0 Å². The molecular formula is C23H33FO7. The fourth-order valence-corrected chi connectivity index (χ4v) is 6.85. The minimum Gasteiger partial charge on any atom is -0.397 e. The molecule has 3 fully saturated rings. The first kappa shape index (κ1) is 24.2. The van der Waals surface area contributed by atoms with Crippen LogP contribution in [0.3, 0.4) is 0 Å². The van der Waals surface area contributed by atoms with Crippen LogP contribution in [0.15, 0.2) is 23.8 Å². The average Bonchev–Trinajstić information content (AvgIpc) is 2.91. The summed E-state index contributed by atoms with van der Waals surface area (Å²) in [5.74, 6) is -2.38. The van der Waals surface area contributed by atoms with Gasteiger partial charge < -0.3 is 25.5 Å². The zero-order valence-electron chi connectivity index (χ0n) is 18.2. The molecule has 0 aromatic rings. The number of fused-ring (bicyclic) bond motifs is 5. The number of hydrogen-bond donors (Lipinski definition) is 5. The second-order valence-corrected chi connectivity index (χ2v) is 9.68. The van der Waals surface area contributed by atoms with Crippen molar-refractivity contribution in [3.05, 3.63) is 23.8 Å². The summed E-state index contributed by atoms with van der Waals surface area (Å²) in [6.45, 7) is 4.27. The van der Waals surface area contributed by atoms with Crippen molar-refractivity contribution in [3.8, 4) is 0 Å². The van der Waals surface area contributed by atoms with Crippen molar-refractivity contribution in [3.63, 3.8) is 0 Å². The Bertz CT molecular complexity index is 825. The molecule has 4 aliphatic carbocycles. The number of carbonyl (C=O) groups excluding carboxylic acids is 2. The highest BCUT2D eigenvalue weighted by molar-refractivity contribution is 6.01. The maximum absolute atomic E-state index is 16.8. The number of aliphatic hydroxyl groups is 5. The van der Waals surface area contributed by atoms with Crippen LogP contribution < -0.4 is 0 Å². The second-order valence-electron chi connectivity index (χ2n) is 9.68. The molecule has 7 nitrogen and oxygen atoms in total. The van der Waals surface area contributed by atoms with Gasteiger partial charge in [-0.15, -0.1) is 0 Å². The summed E-state index contributed by atoms with van der Waals surface area (Å²) in [5, 5.41) is 49.7. The predicted molar refractivity (Wildman–Crippen MR) is 110 cm³/mol. The van der Waals surface area contributed by atoms with Gasteiger partial charge in [-0.2, -0.15) is 0 Å². The summed E-state index contributed by atoms with van der Waals surface area (Å²) in [4.78, 5) is 24.2. The minimum atomic E-state index is -2.23. The van der Waals surface area contributed by atoms with E-state index in [1.807, 2.05) is 0 Å². The Morgan fingerprint density at radius 3 is 2.39 bits per heavy atom. The molecule has 4 rings (SSSR count). The maximum Gasteiger partial charge on any atom is 0.192 e. The Morgan fingerprint density at radius 2 is 1.81 bits per heavy atom. The summed E-state index contributed by atoms with van der Waals surface area (Å²) in [6, 6.07) is 0. The maximum atomic E-state index is 16.8. The van der Waals surface area contributed by atoms with E-state index in [9.17, 15) is 30.0 Å². The molecule has 0 heterocycles. The smallest absolute Gasteiger partial charge is 0.192 e. The molecule has 4 aliphatic rings. The zero-order chi connectivity index (χ0) is 23.4. The fourth-order valence-electron chi connectivity index (χ4n) is 6.85. The SMILES string of the molecule is CCO.C[C@]12C=CC(=O)C=C1CC[C@H]1[C@@H]3C[C@@H](O)[C@](O)(C(=O)CO)[C@@]3(C)C[C@H](O)[C@@]12F. The molecule has 0 spiro atoms. The van der Waals surface area contributed by atoms with Crippen LogP contribution in [0.5, 0.6) is 0 Å². The molecule has 8 heteroatoms. The highest BCUT2D eigenvalue weighted by atomic mass is 19.1. The van der Waals surface area contributed by atoms with Crippen molar-refractivity contribution in [2.75, 3.05) is 13.2 Å². The van der Waals surface area contributed by atoms with Crippen molar-refractivity contribution < 1.29 is 39.5 Å². The van der Waals surface area contributed by atoms with Gasteiger partial charge in [-0.3, -0.25) is 9.59 Å². The topological polar surface area (TPSA) is 135 Å². The van der Waals surface area contributed by atoms with Crippen LogP contribution >= 0.6 is 0 Å². The molecule has 174 valence electrons. The van der Waals surface area contributed by atoms with Crippen LogP contribution in [0.4, 0.5) is 4.39 Å². The molecule has 0 aliphatic heterocycles. The highest BCUT2D eigenvalue weighted by Gasteiger charge is 2.76. The number of rotatable bonds is 2. The number of ketones is 2. The Balaban J connectivity index is 0.000000858. The van der Waals surface area contributed by atoms with Gasteiger partial charge in [0.25, 0.3) is 0 Å². The predicted octanol–water partition coefficient (Wildman–Crippen LogP) is 0.619. The van der Waals surface area contributed by atoms with Gasteiger partial charge >= 0.3 is 0 Å². The minimum absolute atomic E-state index is 0.0135. The lowest BCUT2D eigenvalue weighted by Gasteiger charge is -2.62. The number of aliphatic hydroxyl groups excluding tert-OH is 4. The number of allylic oxidation sites excluding steroid dienone is 4. The van der Waals surface area contributed by atoms with Crippen LogP contribution in [0, 0.1) is 22.7 Å². The Morgan fingerprint density at radius 1 is 1.19 bits per heavy atom. The van der Waals surface area contributed by atoms with Gasteiger partial charge in [0.05, 0.1) is 12.2 Å². The molecule has 0 radical (unpaired) electrons. The molecule has 8 atom stereocenters. The van der Waals surface area contributed by atoms with Gasteiger partial charge in [-0.05, 0) is 57.6 Å². The van der Waals surface area contributed by atoms with Crippen LogP contribution in [-0.2, 0) is 9.59 Å². The highest BCUT2D eigenvalue weighted by Crippen LogP contribution is 2.69. The molecule has 0 amide bonds. The lowest BCUT2D eigenvalue weighted by molar-refractivity contribution is -0.222. The summed E-state index contributed by atoms with van der Waals surface area (Å²) in [7, 11) is 0. The number of alkyl halides is 1. The molecule has 0 aromatic carbocycles. The van der Waals surface area contributed by atoms with Crippen molar-refractivity contribution in [2.24, 2.45) is 22.7 Å². The van der Waals surface area contributed by atoms with Crippen LogP contribution in [0.2, 0.25) is 0 Å². The first-order chi connectivity index (χ1) is 14.4. The van der Waals surface area contributed by atoms with E-state index < -0.39 is 58.5 Å². The van der Waals surface area contributed by atoms with Gasteiger partial charge in [-0.25, -0.2) is 4.39 Å². The van der Waals surface area contributed by atoms with Gasteiger partial charge in [0.1, 0.15) is 6.61 Å². The molecule has 31 heavy (non-hydrogen) atoms. The Labute approximate surface area is 181 Å². The van der Waals surface area contributed by atoms with Crippen molar-refractivity contribution in [1.82, 2.24) is 0 Å². The van der Waals surface area contributed by atoms with E-state index in [4.69, 9.17) is 5.11 Å². The Kier molecular flexibility index (Phi) is 6.13. The summed E-state index contributed by atoms with van der Waals surface area (Å²) in [5.41, 5.74) is -6.12. The Hall–Kier alpha value is -1.45. The van der Waals surface area contributed by atoms with Crippen LogP contribution in [-0.4, -0.2) is 73.8 Å². The molecule has 0 aromatic heterocycles. The second kappa shape index (κ2) is 7.85. The number of Topliss-reactive ketones (excluding diaryl/α,β-unsaturated/α-hetero) is 1. The molecule has 0 saturated heterocycles. The summed E-state index contributed by atoms with van der Waals surface area (Å²) >= 11 is 0. The number of hydrogen-bond acceptors (Lipinski definition) is 7. The lowest BCUT2D eigenvalue weighted by atomic mass is 9.44. The standard InChI is InChI=1S/C21H27FO6.C2H6O/c1-18-6-5-12(24)7-11(18)3-4-13-14-8-15(25)21(28,17(27)10-23)19(14,2)9-16(26)20(13,18)22;1-2-3/h5-7,13-16,23,25-26,28H,3-4,8-10H2,1-2H3;3H,2H2,1H3/t13-,14-,15+,16-,18-,19-,20-,21-;/m0./s1. The van der Waals surface area contributed by atoms with Gasteiger partial charge in [-0.1, -0.05) is 18.6 Å². The van der Waals surface area contributed by atoms with E-state index >= 15 is 4.39 Å². The largest absolute Gasteiger partial charge is 0.397 e. The quantitative estimate of drug-likeness (QED) is 0.425. The van der Waals surface area contributed by atoms with Crippen LogP contribution in [0.1, 0.15) is 46.5 Å². The van der Waals surface area contributed by atoms with E-state index in [2.05, 4.69) is 0 Å². The molecule has 3 saturated carbocycles. The average molecular weight is 441 g/mol. The molecule has 5 N–H and O–H groups in total. The van der Waals surface area contributed by atoms with Gasteiger partial charge in [0.15, 0.2) is 22.8 Å². The third-order valence-corrected chi connectivity index (χ3v) is 8.43. The third kappa shape index (κ3) is 2.95. The van der Waals surface area contributed by atoms with Gasteiger partial charge in [0.2, 0.25) is 0 Å². The molecule has 0 bridgehead atoms. The van der Waals surface area contributed by atoms with E-state index in [-0.39, 0.29) is 25.2 Å². The first-order valence-corrected chi connectivity index (χ1v) is 10.8. The number of carbonyl (C=O) groups is 2. The van der Waals surface area contributed by atoms with Gasteiger partial charge in [0, 0.05) is 23.4 Å². The molecule has 0 unspecified atom stereocenters. The normalized spacial score (nSPS) is 48.0.